The van der Waals surface area contributed by atoms with E-state index < -0.39 is 11.9 Å². The fourth-order valence-corrected chi connectivity index (χ4v) is 5.30. The van der Waals surface area contributed by atoms with Crippen molar-refractivity contribution in [2.24, 2.45) is 0 Å². The van der Waals surface area contributed by atoms with Crippen LogP contribution in [0.2, 0.25) is 0 Å². The maximum atomic E-state index is 14.6. The number of halogens is 2. The molecule has 0 unspecified atom stereocenters. The number of imidazole rings is 1. The van der Waals surface area contributed by atoms with Gasteiger partial charge >= 0.3 is 5.97 Å². The Hall–Kier alpha value is -3.34. The third-order valence-electron chi connectivity index (χ3n) is 7.11. The Morgan fingerprint density at radius 2 is 1.76 bits per heavy atom. The number of benzene rings is 2. The Bertz CT molecular complexity index is 1480. The van der Waals surface area contributed by atoms with Crippen LogP contribution in [0.4, 0.5) is 8.78 Å². The number of aromatic carboxylic acids is 1. The van der Waals surface area contributed by atoms with Crippen LogP contribution in [0, 0.1) is 0 Å². The Morgan fingerprint density at radius 3 is 2.53 bits per heavy atom. The van der Waals surface area contributed by atoms with Gasteiger partial charge in [0.05, 0.1) is 43.0 Å². The molecule has 0 saturated carbocycles. The molecule has 0 bridgehead atoms. The van der Waals surface area contributed by atoms with E-state index in [1.54, 1.807) is 32.4 Å². The number of carboxylic acids is 1. The predicted octanol–water partition coefficient (Wildman–Crippen LogP) is 4.79. The van der Waals surface area contributed by atoms with Crippen molar-refractivity contribution in [3.8, 4) is 11.4 Å². The minimum absolute atomic E-state index is 0.150. The van der Waals surface area contributed by atoms with Gasteiger partial charge in [-0.2, -0.15) is 0 Å². The van der Waals surface area contributed by atoms with Crippen LogP contribution in [0.3, 0.4) is 0 Å². The molecule has 0 amide bonds. The van der Waals surface area contributed by atoms with Gasteiger partial charge in [-0.15, -0.1) is 0 Å². The summed E-state index contributed by atoms with van der Waals surface area (Å²) < 4.78 is 49.2. The summed E-state index contributed by atoms with van der Waals surface area (Å²) in [6.45, 7) is 2.92. The van der Waals surface area contributed by atoms with Crippen LogP contribution in [0.5, 0.6) is 0 Å². The number of ether oxygens (including phenoxy) is 3. The smallest absolute Gasteiger partial charge is 0.335 e. The Morgan fingerprint density at radius 1 is 1.00 bits per heavy atom. The minimum Gasteiger partial charge on any atom is -0.478 e. The van der Waals surface area contributed by atoms with Crippen LogP contribution in [-0.2, 0) is 40.1 Å². The molecule has 5 rings (SSSR count). The lowest BCUT2D eigenvalue weighted by atomic mass is 9.92. The lowest BCUT2D eigenvalue weighted by Crippen LogP contribution is -2.27. The van der Waals surface area contributed by atoms with Crippen molar-refractivity contribution in [3.63, 3.8) is 0 Å². The number of rotatable bonds is 11. The van der Waals surface area contributed by atoms with Gasteiger partial charge in [0.1, 0.15) is 5.82 Å². The second-order valence-electron chi connectivity index (χ2n) is 9.54. The molecule has 1 N–H and O–H groups in total. The second-order valence-corrected chi connectivity index (χ2v) is 9.54. The molecular weight excluding hydrogens is 496 g/mol. The van der Waals surface area contributed by atoms with Gasteiger partial charge in [0.15, 0.2) is 0 Å². The third kappa shape index (κ3) is 5.03. The minimum atomic E-state index is -2.75. The van der Waals surface area contributed by atoms with Gasteiger partial charge in [0, 0.05) is 62.3 Å². The van der Waals surface area contributed by atoms with E-state index in [2.05, 4.69) is 4.57 Å². The highest BCUT2D eigenvalue weighted by Crippen LogP contribution is 2.40. The van der Waals surface area contributed by atoms with Crippen molar-refractivity contribution >= 4 is 27.9 Å². The fraction of sp³-hybridized carbons (Fsp3) is 0.429. The van der Waals surface area contributed by atoms with E-state index in [1.165, 1.54) is 0 Å². The molecule has 202 valence electrons. The number of aromatic nitrogens is 3. The second kappa shape index (κ2) is 10.8. The summed E-state index contributed by atoms with van der Waals surface area (Å²) in [6, 6.07) is 10.7. The summed E-state index contributed by atoms with van der Waals surface area (Å²) in [6.07, 6.45) is -0.178. The highest BCUT2D eigenvalue weighted by molar-refractivity contribution is 5.94. The predicted molar refractivity (Wildman–Crippen MR) is 139 cm³/mol. The molecule has 38 heavy (non-hydrogen) atoms. The summed E-state index contributed by atoms with van der Waals surface area (Å²) >= 11 is 0. The zero-order valence-corrected chi connectivity index (χ0v) is 21.5. The van der Waals surface area contributed by atoms with E-state index in [4.69, 9.17) is 19.2 Å². The molecule has 1 aliphatic carbocycles. The van der Waals surface area contributed by atoms with Crippen LogP contribution in [0.1, 0.15) is 28.0 Å². The van der Waals surface area contributed by atoms with E-state index in [0.29, 0.717) is 62.8 Å². The first-order chi connectivity index (χ1) is 18.3. The molecule has 0 saturated heterocycles. The van der Waals surface area contributed by atoms with Gasteiger partial charge in [-0.05, 0) is 48.4 Å². The summed E-state index contributed by atoms with van der Waals surface area (Å²) in [5.74, 6) is -3.15. The lowest BCUT2D eigenvalue weighted by molar-refractivity contribution is -0.0127. The van der Waals surface area contributed by atoms with Crippen molar-refractivity contribution in [3.05, 3.63) is 53.2 Å². The van der Waals surface area contributed by atoms with E-state index in [9.17, 15) is 18.7 Å². The molecular formula is C28H31F2N3O5. The van der Waals surface area contributed by atoms with Crippen LogP contribution < -0.4 is 0 Å². The topological polar surface area (TPSA) is 87.7 Å². The average Bonchev–Trinajstić information content (AvgIpc) is 3.41. The van der Waals surface area contributed by atoms with Gasteiger partial charge in [0.2, 0.25) is 0 Å². The van der Waals surface area contributed by atoms with Crippen LogP contribution in [0.25, 0.3) is 33.3 Å². The number of hydrogen-bond acceptors (Lipinski definition) is 5. The number of carbonyl (C=O) groups is 1. The molecule has 0 spiro atoms. The monoisotopic (exact) mass is 527 g/mol. The lowest BCUT2D eigenvalue weighted by Gasteiger charge is -2.23. The molecule has 2 aromatic heterocycles. The quantitative estimate of drug-likeness (QED) is 0.282. The zero-order chi connectivity index (χ0) is 26.9. The molecule has 1 aliphatic rings. The molecule has 10 heteroatoms. The molecule has 0 fully saturated rings. The van der Waals surface area contributed by atoms with E-state index in [-0.39, 0.29) is 18.4 Å². The largest absolute Gasteiger partial charge is 0.478 e. The molecule has 0 aliphatic heterocycles. The highest BCUT2D eigenvalue weighted by Gasteiger charge is 2.37. The number of methoxy groups -OCH3 is 2. The number of nitrogens with zero attached hydrogens (tertiary/aromatic N) is 3. The Balaban J connectivity index is 1.61. The summed E-state index contributed by atoms with van der Waals surface area (Å²) in [4.78, 5) is 16.3. The summed E-state index contributed by atoms with van der Waals surface area (Å²) in [5, 5.41) is 10.2. The van der Waals surface area contributed by atoms with E-state index in [0.717, 1.165) is 27.7 Å². The first kappa shape index (κ1) is 26.3. The maximum Gasteiger partial charge on any atom is 0.335 e. The Labute approximate surface area is 218 Å². The summed E-state index contributed by atoms with van der Waals surface area (Å²) in [5.41, 5.74) is 4.74. The third-order valence-corrected chi connectivity index (χ3v) is 7.11. The highest BCUT2D eigenvalue weighted by atomic mass is 19.3. The van der Waals surface area contributed by atoms with Crippen molar-refractivity contribution in [1.29, 1.82) is 0 Å². The van der Waals surface area contributed by atoms with Gasteiger partial charge in [0.25, 0.3) is 5.92 Å². The van der Waals surface area contributed by atoms with Crippen LogP contribution >= 0.6 is 0 Å². The van der Waals surface area contributed by atoms with Gasteiger partial charge in [-0.1, -0.05) is 0 Å². The maximum absolute atomic E-state index is 14.6. The zero-order valence-electron chi connectivity index (χ0n) is 21.5. The first-order valence-corrected chi connectivity index (χ1v) is 12.6. The van der Waals surface area contributed by atoms with Gasteiger partial charge in [-0.25, -0.2) is 18.6 Å². The van der Waals surface area contributed by atoms with E-state index >= 15 is 0 Å². The van der Waals surface area contributed by atoms with Crippen molar-refractivity contribution < 1.29 is 32.9 Å². The van der Waals surface area contributed by atoms with Crippen LogP contribution in [-0.4, -0.2) is 71.8 Å². The number of carboxylic acid groups (broad SMARTS) is 1. The standard InChI is InChI=1S/C28H31F2N3O5/c1-36-11-9-33-25-6-4-19(27(34)35)16-22(25)31-26(33)18-3-5-23-20(15-18)21-17-28(29,30)8-7-24(21)32(23)10-12-38-14-13-37-2/h3-6,15-16H,7-14,17H2,1-2H3,(H,34,35). The number of hydrogen-bond donors (Lipinski definition) is 1. The Kier molecular flexibility index (Phi) is 7.47. The van der Waals surface area contributed by atoms with Crippen LogP contribution in [0.15, 0.2) is 36.4 Å². The number of fused-ring (bicyclic) bond motifs is 4. The van der Waals surface area contributed by atoms with E-state index in [1.807, 2.05) is 22.8 Å². The van der Waals surface area contributed by atoms with Crippen molar-refractivity contribution in [2.75, 3.05) is 40.6 Å². The fourth-order valence-electron chi connectivity index (χ4n) is 5.30. The molecule has 2 aromatic carbocycles. The number of alkyl halides is 2. The van der Waals surface area contributed by atoms with Crippen molar-refractivity contribution in [1.82, 2.24) is 14.1 Å². The average molecular weight is 528 g/mol. The van der Waals surface area contributed by atoms with Gasteiger partial charge in [-0.3, -0.25) is 0 Å². The normalized spacial score (nSPS) is 14.8. The molecule has 2 heterocycles. The SMILES string of the molecule is COCCOCCn1c2c(c3cc(-c4nc5cc(C(=O)O)ccc5n4CCOC)ccc31)CC(F)(F)CC2. The summed E-state index contributed by atoms with van der Waals surface area (Å²) in [7, 11) is 3.23. The molecule has 4 aromatic rings. The van der Waals surface area contributed by atoms with Gasteiger partial charge < -0.3 is 28.5 Å². The van der Waals surface area contributed by atoms with Crippen molar-refractivity contribution in [2.45, 2.75) is 38.3 Å². The molecule has 8 nitrogen and oxygen atoms in total. The molecule has 0 atom stereocenters. The molecule has 0 radical (unpaired) electrons. The first-order valence-electron chi connectivity index (χ1n) is 12.6.